The molecule has 0 atom stereocenters. The first-order chi connectivity index (χ1) is 11.6. The number of nitrogen functional groups attached to an aromatic ring is 1. The van der Waals surface area contributed by atoms with Crippen LogP contribution < -0.4 is 5.73 Å². The fraction of sp³-hybridized carbons (Fsp3) is 0.350. The van der Waals surface area contributed by atoms with Gasteiger partial charge in [-0.3, -0.25) is 0 Å². The van der Waals surface area contributed by atoms with E-state index in [1.165, 1.54) is 49.7 Å². The minimum Gasteiger partial charge on any atom is -0.465 e. The molecule has 0 fully saturated rings. The van der Waals surface area contributed by atoms with Gasteiger partial charge in [-0.2, -0.15) is 0 Å². The molecule has 0 spiro atoms. The van der Waals surface area contributed by atoms with E-state index in [1.807, 2.05) is 12.1 Å². The first-order valence-electron chi connectivity index (χ1n) is 8.22. The third-order valence-electron chi connectivity index (χ3n) is 3.77. The van der Waals surface area contributed by atoms with Crippen LogP contribution in [-0.2, 0) is 11.2 Å². The molecule has 126 valence electrons. The zero-order valence-electron chi connectivity index (χ0n) is 14.2. The Morgan fingerprint density at radius 2 is 1.92 bits per heavy atom. The number of benzene rings is 1. The highest BCUT2D eigenvalue weighted by atomic mass is 32.1. The molecule has 0 aliphatic rings. The maximum absolute atomic E-state index is 11.5. The molecule has 0 aliphatic heterocycles. The lowest BCUT2D eigenvalue weighted by atomic mass is 10.0. The quantitative estimate of drug-likeness (QED) is 0.473. The Hall–Kier alpha value is -2.25. The molecular formula is C20H23NO2S. The predicted octanol–water partition coefficient (Wildman–Crippen LogP) is 4.64. The number of carbonyl (C=O) groups excluding carboxylic acids is 1. The van der Waals surface area contributed by atoms with Crippen molar-refractivity contribution in [3.05, 3.63) is 51.9 Å². The first kappa shape index (κ1) is 18.1. The van der Waals surface area contributed by atoms with Crippen LogP contribution in [0, 0.1) is 11.8 Å². The highest BCUT2D eigenvalue weighted by Crippen LogP contribution is 2.25. The SMILES string of the molecule is CCCCCCc1ccc(C#Cc2cc(C(=O)OC)c(N)s2)cc1. The topological polar surface area (TPSA) is 52.3 Å². The van der Waals surface area contributed by atoms with E-state index >= 15 is 0 Å². The van der Waals surface area contributed by atoms with Gasteiger partial charge in [0.15, 0.2) is 0 Å². The lowest BCUT2D eigenvalue weighted by molar-refractivity contribution is 0.0602. The summed E-state index contributed by atoms with van der Waals surface area (Å²) >= 11 is 1.30. The van der Waals surface area contributed by atoms with Gasteiger partial charge in [0, 0.05) is 5.56 Å². The molecule has 0 aliphatic carbocycles. The number of thiophene rings is 1. The number of unbranched alkanes of at least 4 members (excludes halogenated alkanes) is 3. The zero-order valence-corrected chi connectivity index (χ0v) is 15.0. The van der Waals surface area contributed by atoms with Gasteiger partial charge in [0.2, 0.25) is 0 Å². The standard InChI is InChI=1S/C20H23NO2S/c1-3-4-5-6-7-15-8-10-16(11-9-15)12-13-17-14-18(19(21)24-17)20(22)23-2/h8-11,14H,3-7,21H2,1-2H3. The Kier molecular flexibility index (Phi) is 6.89. The first-order valence-corrected chi connectivity index (χ1v) is 9.04. The molecule has 0 unspecified atom stereocenters. The number of nitrogens with two attached hydrogens (primary N) is 1. The number of hydrogen-bond acceptors (Lipinski definition) is 4. The van der Waals surface area contributed by atoms with E-state index in [9.17, 15) is 4.79 Å². The summed E-state index contributed by atoms with van der Waals surface area (Å²) in [4.78, 5) is 12.3. The largest absolute Gasteiger partial charge is 0.465 e. The van der Waals surface area contributed by atoms with Crippen LogP contribution in [0.3, 0.4) is 0 Å². The van der Waals surface area contributed by atoms with Gasteiger partial charge in [0.25, 0.3) is 0 Å². The minimum atomic E-state index is -0.427. The number of carbonyl (C=O) groups is 1. The molecule has 0 radical (unpaired) electrons. The maximum Gasteiger partial charge on any atom is 0.340 e. The van der Waals surface area contributed by atoms with Crippen LogP contribution in [0.25, 0.3) is 0 Å². The monoisotopic (exact) mass is 341 g/mol. The summed E-state index contributed by atoms with van der Waals surface area (Å²) in [5.41, 5.74) is 8.52. The molecule has 2 rings (SSSR count). The van der Waals surface area contributed by atoms with Gasteiger partial charge in [-0.15, -0.1) is 11.3 Å². The van der Waals surface area contributed by atoms with Crippen molar-refractivity contribution < 1.29 is 9.53 Å². The molecule has 3 nitrogen and oxygen atoms in total. The lowest BCUT2D eigenvalue weighted by Crippen LogP contribution is -2.01. The van der Waals surface area contributed by atoms with Gasteiger partial charge in [0.1, 0.15) is 5.00 Å². The molecule has 4 heteroatoms. The summed E-state index contributed by atoms with van der Waals surface area (Å²) in [6.45, 7) is 2.23. The maximum atomic E-state index is 11.5. The summed E-state index contributed by atoms with van der Waals surface area (Å²) in [7, 11) is 1.34. The van der Waals surface area contributed by atoms with E-state index in [1.54, 1.807) is 6.07 Å². The lowest BCUT2D eigenvalue weighted by Gasteiger charge is -2.01. The molecule has 0 saturated carbocycles. The average molecular weight is 341 g/mol. The van der Waals surface area contributed by atoms with Gasteiger partial charge in [-0.05, 0) is 36.6 Å². The fourth-order valence-electron chi connectivity index (χ4n) is 2.38. The second-order valence-electron chi connectivity index (χ2n) is 5.64. The van der Waals surface area contributed by atoms with E-state index in [0.717, 1.165) is 16.9 Å². The molecular weight excluding hydrogens is 318 g/mol. The summed E-state index contributed by atoms with van der Waals surface area (Å²) in [5, 5.41) is 0.438. The van der Waals surface area contributed by atoms with Crippen molar-refractivity contribution in [1.29, 1.82) is 0 Å². The summed E-state index contributed by atoms with van der Waals surface area (Å²) in [6.07, 6.45) is 6.22. The number of aryl methyl sites for hydroxylation is 1. The van der Waals surface area contributed by atoms with Gasteiger partial charge in [0.05, 0.1) is 17.6 Å². The average Bonchev–Trinajstić information content (AvgIpc) is 2.98. The van der Waals surface area contributed by atoms with Gasteiger partial charge in [-0.25, -0.2) is 4.79 Å². The second-order valence-corrected chi connectivity index (χ2v) is 6.72. The van der Waals surface area contributed by atoms with Crippen molar-refractivity contribution in [2.24, 2.45) is 0 Å². The molecule has 24 heavy (non-hydrogen) atoms. The predicted molar refractivity (Wildman–Crippen MR) is 100 cm³/mol. The number of rotatable bonds is 6. The highest BCUT2D eigenvalue weighted by Gasteiger charge is 2.13. The van der Waals surface area contributed by atoms with Gasteiger partial charge < -0.3 is 10.5 Å². The number of ether oxygens (including phenoxy) is 1. The van der Waals surface area contributed by atoms with Crippen LogP contribution in [0.2, 0.25) is 0 Å². The Bertz CT molecular complexity index is 735. The van der Waals surface area contributed by atoms with Crippen LogP contribution in [0.4, 0.5) is 5.00 Å². The molecule has 2 aromatic rings. The van der Waals surface area contributed by atoms with Gasteiger partial charge in [-0.1, -0.05) is 50.2 Å². The van der Waals surface area contributed by atoms with Crippen LogP contribution >= 0.6 is 11.3 Å². The highest BCUT2D eigenvalue weighted by molar-refractivity contribution is 7.16. The minimum absolute atomic E-state index is 0.384. The third-order valence-corrected chi connectivity index (χ3v) is 4.65. The summed E-state index contributed by atoms with van der Waals surface area (Å²) in [5.74, 6) is 5.75. The number of esters is 1. The van der Waals surface area contributed by atoms with Crippen LogP contribution in [0.1, 0.15) is 59.0 Å². The smallest absolute Gasteiger partial charge is 0.340 e. The van der Waals surface area contributed by atoms with E-state index in [2.05, 4.69) is 30.9 Å². The van der Waals surface area contributed by atoms with Crippen molar-refractivity contribution in [2.45, 2.75) is 39.0 Å². The van der Waals surface area contributed by atoms with E-state index in [-0.39, 0.29) is 0 Å². The fourth-order valence-corrected chi connectivity index (χ4v) is 3.15. The van der Waals surface area contributed by atoms with Crippen molar-refractivity contribution in [1.82, 2.24) is 0 Å². The molecule has 0 amide bonds. The molecule has 0 saturated heterocycles. The Morgan fingerprint density at radius 1 is 1.17 bits per heavy atom. The van der Waals surface area contributed by atoms with Gasteiger partial charge >= 0.3 is 5.97 Å². The Morgan fingerprint density at radius 3 is 2.58 bits per heavy atom. The molecule has 1 heterocycles. The number of hydrogen-bond donors (Lipinski definition) is 1. The molecule has 2 N–H and O–H groups in total. The van der Waals surface area contributed by atoms with Crippen LogP contribution in [0.15, 0.2) is 30.3 Å². The van der Waals surface area contributed by atoms with Crippen molar-refractivity contribution in [3.8, 4) is 11.8 Å². The van der Waals surface area contributed by atoms with Crippen molar-refractivity contribution in [2.75, 3.05) is 12.8 Å². The van der Waals surface area contributed by atoms with Crippen molar-refractivity contribution >= 4 is 22.3 Å². The van der Waals surface area contributed by atoms with E-state index in [0.29, 0.717) is 10.6 Å². The van der Waals surface area contributed by atoms with E-state index < -0.39 is 5.97 Å². The second kappa shape index (κ2) is 9.14. The summed E-state index contributed by atoms with van der Waals surface area (Å²) in [6, 6.07) is 10.0. The Balaban J connectivity index is 1.99. The number of methoxy groups -OCH3 is 1. The molecule has 1 aromatic heterocycles. The van der Waals surface area contributed by atoms with Crippen LogP contribution in [0.5, 0.6) is 0 Å². The van der Waals surface area contributed by atoms with E-state index in [4.69, 9.17) is 10.5 Å². The normalized spacial score (nSPS) is 10.1. The third kappa shape index (κ3) is 5.14. The molecule has 0 bridgehead atoms. The summed E-state index contributed by atoms with van der Waals surface area (Å²) < 4.78 is 4.69. The van der Waals surface area contributed by atoms with Crippen molar-refractivity contribution in [3.63, 3.8) is 0 Å². The Labute approximate surface area is 147 Å². The zero-order chi connectivity index (χ0) is 17.4. The molecule has 1 aromatic carbocycles. The number of anilines is 1. The van der Waals surface area contributed by atoms with Crippen LogP contribution in [-0.4, -0.2) is 13.1 Å².